The van der Waals surface area contributed by atoms with E-state index in [9.17, 15) is 9.18 Å². The lowest BCUT2D eigenvalue weighted by molar-refractivity contribution is -0.130. The quantitative estimate of drug-likeness (QED) is 0.876. The number of likely N-dealkylation sites (tertiary alicyclic amines) is 1. The molecule has 1 atom stereocenters. The van der Waals surface area contributed by atoms with Crippen molar-refractivity contribution in [3.8, 4) is 5.75 Å². The highest BCUT2D eigenvalue weighted by atomic mass is 19.1. The molecule has 4 nitrogen and oxygen atoms in total. The minimum atomic E-state index is -0.291. The van der Waals surface area contributed by atoms with Gasteiger partial charge in [-0.25, -0.2) is 4.39 Å². The summed E-state index contributed by atoms with van der Waals surface area (Å²) >= 11 is 0. The first-order chi connectivity index (χ1) is 10.1. The minimum absolute atomic E-state index is 0.137. The molecule has 1 aliphatic rings. The predicted octanol–water partition coefficient (Wildman–Crippen LogP) is 2.50. The number of halogens is 1. The molecule has 0 bridgehead atoms. The summed E-state index contributed by atoms with van der Waals surface area (Å²) < 4.78 is 18.9. The fourth-order valence-electron chi connectivity index (χ4n) is 2.62. The third-order valence-electron chi connectivity index (χ3n) is 3.92. The normalized spacial score (nSPS) is 16.0. The van der Waals surface area contributed by atoms with Crippen LogP contribution in [0.25, 0.3) is 0 Å². The topological polar surface area (TPSA) is 41.6 Å². The van der Waals surface area contributed by atoms with E-state index >= 15 is 0 Å². The van der Waals surface area contributed by atoms with Crippen LogP contribution in [0, 0.1) is 5.82 Å². The fourth-order valence-corrected chi connectivity index (χ4v) is 2.62. The third kappa shape index (κ3) is 4.17. The third-order valence-corrected chi connectivity index (χ3v) is 3.92. The number of hydrogen-bond donors (Lipinski definition) is 1. The van der Waals surface area contributed by atoms with Gasteiger partial charge in [-0.05, 0) is 25.8 Å². The van der Waals surface area contributed by atoms with Gasteiger partial charge in [0.05, 0.1) is 7.11 Å². The van der Waals surface area contributed by atoms with E-state index < -0.39 is 0 Å². The zero-order chi connectivity index (χ0) is 15.2. The highest BCUT2D eigenvalue weighted by Gasteiger charge is 2.18. The van der Waals surface area contributed by atoms with E-state index in [4.69, 9.17) is 4.74 Å². The Morgan fingerprint density at radius 1 is 1.43 bits per heavy atom. The van der Waals surface area contributed by atoms with Crippen molar-refractivity contribution in [2.45, 2.75) is 32.2 Å². The van der Waals surface area contributed by atoms with Crippen molar-refractivity contribution in [2.75, 3.05) is 26.7 Å². The van der Waals surface area contributed by atoms with Crippen LogP contribution in [0.4, 0.5) is 4.39 Å². The molecule has 2 rings (SSSR count). The Labute approximate surface area is 125 Å². The van der Waals surface area contributed by atoms with Crippen molar-refractivity contribution in [3.05, 3.63) is 29.6 Å². The van der Waals surface area contributed by atoms with Gasteiger partial charge in [0.1, 0.15) is 11.6 Å². The Morgan fingerprint density at radius 2 is 2.14 bits per heavy atom. The number of ether oxygens (including phenoxy) is 1. The molecular weight excluding hydrogens is 271 g/mol. The zero-order valence-electron chi connectivity index (χ0n) is 12.7. The zero-order valence-corrected chi connectivity index (χ0v) is 12.7. The van der Waals surface area contributed by atoms with Crippen LogP contribution in [-0.2, 0) is 4.79 Å². The Morgan fingerprint density at radius 3 is 2.76 bits per heavy atom. The van der Waals surface area contributed by atoms with Gasteiger partial charge >= 0.3 is 0 Å². The number of carbonyl (C=O) groups excluding carboxylic acids is 1. The van der Waals surface area contributed by atoms with E-state index in [1.54, 1.807) is 12.1 Å². The van der Waals surface area contributed by atoms with Gasteiger partial charge in [0.2, 0.25) is 5.91 Å². The van der Waals surface area contributed by atoms with Gasteiger partial charge in [-0.1, -0.05) is 6.07 Å². The summed E-state index contributed by atoms with van der Waals surface area (Å²) in [5.41, 5.74) is 0.587. The maximum absolute atomic E-state index is 13.9. The number of nitrogens with zero attached hydrogens (tertiary/aromatic N) is 1. The van der Waals surface area contributed by atoms with Crippen LogP contribution in [0.5, 0.6) is 5.75 Å². The molecule has 1 amide bonds. The van der Waals surface area contributed by atoms with Crippen molar-refractivity contribution >= 4 is 5.91 Å². The van der Waals surface area contributed by atoms with Crippen molar-refractivity contribution < 1.29 is 13.9 Å². The van der Waals surface area contributed by atoms with Gasteiger partial charge in [0, 0.05) is 43.7 Å². The van der Waals surface area contributed by atoms with Crippen LogP contribution < -0.4 is 10.1 Å². The lowest BCUT2D eigenvalue weighted by Crippen LogP contribution is -2.31. The van der Waals surface area contributed by atoms with Gasteiger partial charge < -0.3 is 15.0 Å². The summed E-state index contributed by atoms with van der Waals surface area (Å²) in [6, 6.07) is 4.70. The van der Waals surface area contributed by atoms with Gasteiger partial charge in [-0.15, -0.1) is 0 Å². The lowest BCUT2D eigenvalue weighted by atomic mass is 10.1. The average Bonchev–Trinajstić information content (AvgIpc) is 3.01. The summed E-state index contributed by atoms with van der Waals surface area (Å²) in [6.07, 6.45) is 2.67. The van der Waals surface area contributed by atoms with Crippen molar-refractivity contribution in [3.63, 3.8) is 0 Å². The molecule has 21 heavy (non-hydrogen) atoms. The summed E-state index contributed by atoms with van der Waals surface area (Å²) in [4.78, 5) is 13.8. The number of amides is 1. The van der Waals surface area contributed by atoms with Gasteiger partial charge in [-0.3, -0.25) is 4.79 Å². The van der Waals surface area contributed by atoms with Crippen molar-refractivity contribution in [1.29, 1.82) is 0 Å². The lowest BCUT2D eigenvalue weighted by Gasteiger charge is -2.18. The van der Waals surface area contributed by atoms with Gasteiger partial charge in [0.25, 0.3) is 0 Å². The summed E-state index contributed by atoms with van der Waals surface area (Å²) in [6.45, 7) is 4.20. The van der Waals surface area contributed by atoms with Gasteiger partial charge in [0.15, 0.2) is 0 Å². The molecule has 1 aliphatic heterocycles. The van der Waals surface area contributed by atoms with Crippen molar-refractivity contribution in [1.82, 2.24) is 10.2 Å². The Bertz CT molecular complexity index is 487. The number of methoxy groups -OCH3 is 1. The molecule has 0 aliphatic carbocycles. The number of benzene rings is 1. The second-order valence-corrected chi connectivity index (χ2v) is 5.40. The first-order valence-corrected chi connectivity index (χ1v) is 7.46. The smallest absolute Gasteiger partial charge is 0.223 e. The average molecular weight is 294 g/mol. The summed E-state index contributed by atoms with van der Waals surface area (Å²) in [5.74, 6) is 0.398. The Hall–Kier alpha value is -1.62. The summed E-state index contributed by atoms with van der Waals surface area (Å²) in [5, 5.41) is 3.20. The molecule has 1 unspecified atom stereocenters. The molecule has 1 aromatic carbocycles. The van der Waals surface area contributed by atoms with Crippen LogP contribution in [0.15, 0.2) is 18.2 Å². The highest BCUT2D eigenvalue weighted by Crippen LogP contribution is 2.21. The van der Waals surface area contributed by atoms with E-state index in [2.05, 4.69) is 5.32 Å². The molecule has 1 fully saturated rings. The molecule has 116 valence electrons. The fraction of sp³-hybridized carbons (Fsp3) is 0.562. The summed E-state index contributed by atoms with van der Waals surface area (Å²) in [7, 11) is 1.51. The van der Waals surface area contributed by atoms with E-state index in [1.807, 2.05) is 11.8 Å². The van der Waals surface area contributed by atoms with E-state index in [0.717, 1.165) is 25.9 Å². The number of rotatable bonds is 6. The Kier molecular flexibility index (Phi) is 5.56. The van der Waals surface area contributed by atoms with Gasteiger partial charge in [-0.2, -0.15) is 0 Å². The molecule has 0 radical (unpaired) electrons. The maximum Gasteiger partial charge on any atom is 0.223 e. The molecule has 1 N–H and O–H groups in total. The molecule has 5 heteroatoms. The van der Waals surface area contributed by atoms with E-state index in [0.29, 0.717) is 24.3 Å². The molecular formula is C16H23FN2O2. The highest BCUT2D eigenvalue weighted by molar-refractivity contribution is 5.76. The van der Waals surface area contributed by atoms with Crippen LogP contribution in [0.2, 0.25) is 0 Å². The first kappa shape index (κ1) is 15.8. The van der Waals surface area contributed by atoms with Crippen molar-refractivity contribution in [2.24, 2.45) is 0 Å². The Balaban J connectivity index is 1.81. The molecule has 1 heterocycles. The number of nitrogens with one attached hydrogen (secondary N) is 1. The van der Waals surface area contributed by atoms with Crippen LogP contribution in [0.3, 0.4) is 0 Å². The first-order valence-electron chi connectivity index (χ1n) is 7.46. The van der Waals surface area contributed by atoms with Crippen LogP contribution in [-0.4, -0.2) is 37.6 Å². The van der Waals surface area contributed by atoms with E-state index in [-0.39, 0.29) is 17.8 Å². The molecule has 0 aromatic heterocycles. The predicted molar refractivity (Wildman–Crippen MR) is 79.8 cm³/mol. The molecule has 0 spiro atoms. The maximum atomic E-state index is 13.9. The molecule has 1 aromatic rings. The minimum Gasteiger partial charge on any atom is -0.497 e. The second kappa shape index (κ2) is 7.41. The SMILES string of the molecule is COc1ccc(C(C)NCCC(=O)N2CCCC2)c(F)c1. The number of hydrogen-bond acceptors (Lipinski definition) is 3. The second-order valence-electron chi connectivity index (χ2n) is 5.40. The largest absolute Gasteiger partial charge is 0.497 e. The standard InChI is InChI=1S/C16H23FN2O2/c1-12(14-6-5-13(21-2)11-15(14)17)18-8-7-16(20)19-9-3-4-10-19/h5-6,11-12,18H,3-4,7-10H2,1-2H3. The molecule has 0 saturated carbocycles. The van der Waals surface area contributed by atoms with E-state index in [1.165, 1.54) is 13.2 Å². The monoisotopic (exact) mass is 294 g/mol. The van der Waals surface area contributed by atoms with Crippen LogP contribution in [0.1, 0.15) is 37.8 Å². The molecule has 1 saturated heterocycles. The van der Waals surface area contributed by atoms with Crippen LogP contribution >= 0.6 is 0 Å². The number of carbonyl (C=O) groups is 1.